The average Bonchev–Trinajstić information content (AvgIpc) is 2.45. The number of carbonyl (C=O) groups is 1. The first-order valence-electron chi connectivity index (χ1n) is 5.31. The normalized spacial score (nSPS) is 10.2. The number of halogens is 4. The third-order valence-corrected chi connectivity index (χ3v) is 2.30. The molecule has 1 aromatic rings. The first-order valence-corrected chi connectivity index (χ1v) is 5.68. The van der Waals surface area contributed by atoms with E-state index in [1.807, 2.05) is 0 Å². The fourth-order valence-corrected chi connectivity index (χ4v) is 1.15. The largest absolute Gasteiger partial charge is 0.499 e. The lowest BCUT2D eigenvalue weighted by atomic mass is 10.2. The average molecular weight is 328 g/mol. The summed E-state index contributed by atoms with van der Waals surface area (Å²) in [5.41, 5.74) is -1.35. The molecule has 0 radical (unpaired) electrons. The van der Waals surface area contributed by atoms with Crippen LogP contribution in [0.15, 0.2) is 24.6 Å². The van der Waals surface area contributed by atoms with Crippen LogP contribution in [0.25, 0.3) is 0 Å². The molecule has 9 heteroatoms. The van der Waals surface area contributed by atoms with Gasteiger partial charge >= 0.3 is 12.1 Å². The number of hydrogen-bond donors (Lipinski definition) is 1. The fourth-order valence-electron chi connectivity index (χ4n) is 0.904. The third-order valence-electron chi connectivity index (χ3n) is 2.01. The zero-order valence-electron chi connectivity index (χ0n) is 11.2. The molecule has 1 aromatic heterocycles. The maximum Gasteiger partial charge on any atom is 0.417 e. The Hall–Kier alpha value is -1.80. The predicted molar refractivity (Wildman–Crippen MR) is 68.8 cm³/mol. The minimum atomic E-state index is -4.54. The predicted octanol–water partition coefficient (Wildman–Crippen LogP) is 2.68. The van der Waals surface area contributed by atoms with Crippen LogP contribution in [0.5, 0.6) is 0 Å². The number of aliphatic hydroxyl groups is 1. The molecule has 0 aliphatic rings. The smallest absolute Gasteiger partial charge is 0.417 e. The van der Waals surface area contributed by atoms with Gasteiger partial charge in [0.2, 0.25) is 0 Å². The molecule has 1 N–H and O–H groups in total. The van der Waals surface area contributed by atoms with Crippen LogP contribution in [-0.2, 0) is 15.7 Å². The van der Waals surface area contributed by atoms with Gasteiger partial charge in [-0.05, 0) is 6.07 Å². The van der Waals surface area contributed by atoms with E-state index in [-0.39, 0.29) is 12.3 Å². The van der Waals surface area contributed by atoms with Gasteiger partial charge in [-0.25, -0.2) is 9.78 Å². The number of carbonyl (C=O) groups excluding carboxylic acids is 1. The number of pyridine rings is 1. The van der Waals surface area contributed by atoms with Crippen LogP contribution in [-0.4, -0.2) is 36.9 Å². The highest BCUT2D eigenvalue weighted by Crippen LogP contribution is 2.31. The van der Waals surface area contributed by atoms with Gasteiger partial charge in [0, 0.05) is 6.20 Å². The molecular formula is C12H13ClF3NO4. The van der Waals surface area contributed by atoms with Gasteiger partial charge in [-0.15, -0.1) is 0 Å². The molecule has 118 valence electrons. The number of hydrogen-bond acceptors (Lipinski definition) is 5. The Morgan fingerprint density at radius 2 is 2.00 bits per heavy atom. The van der Waals surface area contributed by atoms with Gasteiger partial charge in [0.15, 0.2) is 5.69 Å². The van der Waals surface area contributed by atoms with E-state index in [1.165, 1.54) is 7.11 Å². The van der Waals surface area contributed by atoms with E-state index in [0.29, 0.717) is 18.0 Å². The Bertz CT molecular complexity index is 500. The minimum Gasteiger partial charge on any atom is -0.499 e. The summed E-state index contributed by atoms with van der Waals surface area (Å²) < 4.78 is 45.2. The Balaban J connectivity index is 0.000000567. The van der Waals surface area contributed by atoms with Crippen LogP contribution in [0.2, 0.25) is 5.02 Å². The second kappa shape index (κ2) is 8.48. The van der Waals surface area contributed by atoms with Gasteiger partial charge in [0.1, 0.15) is 5.76 Å². The minimum absolute atomic E-state index is 0.0868. The molecule has 0 aromatic carbocycles. The van der Waals surface area contributed by atoms with Crippen molar-refractivity contribution < 1.29 is 32.5 Å². The van der Waals surface area contributed by atoms with Crippen molar-refractivity contribution in [3.05, 3.63) is 40.9 Å². The molecule has 21 heavy (non-hydrogen) atoms. The lowest BCUT2D eigenvalue weighted by molar-refractivity contribution is -0.137. The number of methoxy groups -OCH3 is 2. The van der Waals surface area contributed by atoms with Gasteiger partial charge in [-0.1, -0.05) is 18.2 Å². The van der Waals surface area contributed by atoms with E-state index in [2.05, 4.69) is 21.0 Å². The highest BCUT2D eigenvalue weighted by Gasteiger charge is 2.32. The molecule has 0 aliphatic carbocycles. The van der Waals surface area contributed by atoms with Crippen LogP contribution in [0, 0.1) is 0 Å². The van der Waals surface area contributed by atoms with Gasteiger partial charge in [-0.3, -0.25) is 0 Å². The Morgan fingerprint density at radius 3 is 2.29 bits per heavy atom. The van der Waals surface area contributed by atoms with Crippen LogP contribution in [0.1, 0.15) is 16.1 Å². The number of aliphatic hydroxyl groups excluding tert-OH is 1. The van der Waals surface area contributed by atoms with E-state index in [0.717, 1.165) is 7.11 Å². The standard InChI is InChI=1S/C8H5ClF3NO2.C4H8O2/c1-15-7(14)6-5(9)2-4(3-13-6)8(10,11)12;1-4(3-5)6-2/h2-3H,1H3;5H,1,3H2,2H3. The quantitative estimate of drug-likeness (QED) is 0.683. The number of ether oxygens (including phenoxy) is 2. The van der Waals surface area contributed by atoms with Gasteiger partial charge < -0.3 is 14.6 Å². The van der Waals surface area contributed by atoms with Crippen LogP contribution in [0.3, 0.4) is 0 Å². The summed E-state index contributed by atoms with van der Waals surface area (Å²) >= 11 is 5.45. The van der Waals surface area contributed by atoms with Crippen molar-refractivity contribution in [2.75, 3.05) is 20.8 Å². The summed E-state index contributed by atoms with van der Waals surface area (Å²) in [5.74, 6) is -0.483. The maximum absolute atomic E-state index is 12.2. The van der Waals surface area contributed by atoms with Crippen LogP contribution < -0.4 is 0 Å². The van der Waals surface area contributed by atoms with Gasteiger partial charge in [0.25, 0.3) is 0 Å². The molecule has 0 amide bonds. The topological polar surface area (TPSA) is 68.7 Å². The second-order valence-corrected chi connectivity index (χ2v) is 3.85. The molecule has 5 nitrogen and oxygen atoms in total. The van der Waals surface area contributed by atoms with Crippen molar-refractivity contribution in [1.82, 2.24) is 4.98 Å². The first-order chi connectivity index (χ1) is 9.67. The monoisotopic (exact) mass is 327 g/mol. The number of alkyl halides is 3. The number of esters is 1. The maximum atomic E-state index is 12.2. The van der Waals surface area contributed by atoms with E-state index < -0.39 is 22.7 Å². The van der Waals surface area contributed by atoms with E-state index >= 15 is 0 Å². The molecule has 0 saturated carbocycles. The van der Waals surface area contributed by atoms with Crippen molar-refractivity contribution >= 4 is 17.6 Å². The fraction of sp³-hybridized carbons (Fsp3) is 0.333. The summed E-state index contributed by atoms with van der Waals surface area (Å²) in [5, 5.41) is 7.72. The highest BCUT2D eigenvalue weighted by molar-refractivity contribution is 6.33. The highest BCUT2D eigenvalue weighted by atomic mass is 35.5. The van der Waals surface area contributed by atoms with Crippen molar-refractivity contribution in [1.29, 1.82) is 0 Å². The van der Waals surface area contributed by atoms with E-state index in [9.17, 15) is 18.0 Å². The molecule has 1 rings (SSSR count). The molecule has 0 aliphatic heterocycles. The summed E-state index contributed by atoms with van der Waals surface area (Å²) in [6.07, 6.45) is -4.01. The van der Waals surface area contributed by atoms with Crippen molar-refractivity contribution in [2.45, 2.75) is 6.18 Å². The second-order valence-electron chi connectivity index (χ2n) is 3.44. The summed E-state index contributed by atoms with van der Waals surface area (Å²) in [6.45, 7) is 3.23. The lowest BCUT2D eigenvalue weighted by Gasteiger charge is -2.07. The first kappa shape index (κ1) is 19.2. The van der Waals surface area contributed by atoms with E-state index in [4.69, 9.17) is 16.7 Å². The SMILES string of the molecule is C=C(CO)OC.COC(=O)c1ncc(C(F)(F)F)cc1Cl. The van der Waals surface area contributed by atoms with Crippen LogP contribution in [0.4, 0.5) is 13.2 Å². The third kappa shape index (κ3) is 6.46. The molecule has 0 unspecified atom stereocenters. The summed E-state index contributed by atoms with van der Waals surface area (Å²) in [4.78, 5) is 14.2. The Kier molecular flexibility index (Phi) is 7.75. The number of rotatable bonds is 3. The van der Waals surface area contributed by atoms with Gasteiger partial charge in [0.05, 0.1) is 31.4 Å². The molecule has 1 heterocycles. The van der Waals surface area contributed by atoms with Crippen molar-refractivity contribution in [3.63, 3.8) is 0 Å². The summed E-state index contributed by atoms with van der Waals surface area (Å²) in [6, 6.07) is 0.626. The Morgan fingerprint density at radius 1 is 1.43 bits per heavy atom. The van der Waals surface area contributed by atoms with Crippen LogP contribution >= 0.6 is 11.6 Å². The molecule has 0 atom stereocenters. The van der Waals surface area contributed by atoms with Gasteiger partial charge in [-0.2, -0.15) is 13.2 Å². The molecule has 0 bridgehead atoms. The molecule has 0 spiro atoms. The molecule has 0 fully saturated rings. The lowest BCUT2D eigenvalue weighted by Crippen LogP contribution is -2.10. The van der Waals surface area contributed by atoms with Crippen molar-refractivity contribution in [3.8, 4) is 0 Å². The summed E-state index contributed by atoms with van der Waals surface area (Å²) in [7, 11) is 2.55. The van der Waals surface area contributed by atoms with Crippen molar-refractivity contribution in [2.24, 2.45) is 0 Å². The van der Waals surface area contributed by atoms with E-state index in [1.54, 1.807) is 0 Å². The Labute approximate surface area is 124 Å². The number of nitrogens with zero attached hydrogens (tertiary/aromatic N) is 1. The molecular weight excluding hydrogens is 315 g/mol. The zero-order valence-corrected chi connectivity index (χ0v) is 12.0. The number of aromatic nitrogens is 1. The zero-order chi connectivity index (χ0) is 16.6. The molecule has 0 saturated heterocycles.